The zero-order valence-corrected chi connectivity index (χ0v) is 10.9. The Morgan fingerprint density at radius 3 is 2.27 bits per heavy atom. The van der Waals surface area contributed by atoms with Gasteiger partial charge in [-0.2, -0.15) is 11.8 Å². The molecular formula is C11H22N2OS. The summed E-state index contributed by atoms with van der Waals surface area (Å²) in [7, 11) is 0. The molecule has 0 aliphatic carbocycles. The number of thioether (sulfide) groups is 1. The summed E-state index contributed by atoms with van der Waals surface area (Å²) in [5, 5.41) is 1.07. The molecule has 88 valence electrons. The van der Waals surface area contributed by atoms with Crippen LogP contribution in [0.3, 0.4) is 0 Å². The Hall–Kier alpha value is -0.220. The highest BCUT2D eigenvalue weighted by Gasteiger charge is 2.34. The predicted octanol–water partition coefficient (Wildman–Crippen LogP) is 1.32. The van der Waals surface area contributed by atoms with Crippen LogP contribution in [0, 0.1) is 5.41 Å². The van der Waals surface area contributed by atoms with Crippen LogP contribution >= 0.6 is 11.8 Å². The molecule has 0 bridgehead atoms. The lowest BCUT2D eigenvalue weighted by Crippen LogP contribution is -2.51. The highest BCUT2D eigenvalue weighted by molar-refractivity contribution is 8.00. The Morgan fingerprint density at radius 1 is 1.40 bits per heavy atom. The first-order valence-corrected chi connectivity index (χ1v) is 6.46. The fraction of sp³-hybridized carbons (Fsp3) is 0.909. The minimum atomic E-state index is -0.415. The van der Waals surface area contributed by atoms with E-state index in [1.54, 1.807) is 0 Å². The number of hydrogen-bond donors (Lipinski definition) is 1. The van der Waals surface area contributed by atoms with E-state index in [2.05, 4.69) is 13.8 Å². The maximum Gasteiger partial charge on any atom is 0.229 e. The minimum Gasteiger partial charge on any atom is -0.340 e. The summed E-state index contributed by atoms with van der Waals surface area (Å²) in [5.41, 5.74) is 5.22. The fourth-order valence-electron chi connectivity index (χ4n) is 1.86. The number of rotatable bonds is 2. The molecule has 2 unspecified atom stereocenters. The van der Waals surface area contributed by atoms with Crippen LogP contribution in [0.4, 0.5) is 0 Å². The lowest BCUT2D eigenvalue weighted by atomic mass is 9.91. The maximum absolute atomic E-state index is 12.2. The van der Waals surface area contributed by atoms with Gasteiger partial charge in [0.2, 0.25) is 5.91 Å². The van der Waals surface area contributed by atoms with E-state index in [0.29, 0.717) is 17.0 Å². The molecule has 0 radical (unpaired) electrons. The van der Waals surface area contributed by atoms with E-state index >= 15 is 0 Å². The molecule has 15 heavy (non-hydrogen) atoms. The molecule has 1 amide bonds. The Morgan fingerprint density at radius 2 is 1.87 bits per heavy atom. The number of amides is 1. The van der Waals surface area contributed by atoms with Crippen molar-refractivity contribution in [2.45, 2.75) is 38.2 Å². The Balaban J connectivity index is 2.67. The van der Waals surface area contributed by atoms with Crippen molar-refractivity contribution in [1.29, 1.82) is 0 Å². The molecule has 1 aliphatic rings. The third kappa shape index (κ3) is 3.11. The maximum atomic E-state index is 12.2. The molecule has 0 aromatic heterocycles. The van der Waals surface area contributed by atoms with E-state index in [0.717, 1.165) is 13.1 Å². The van der Waals surface area contributed by atoms with Gasteiger partial charge in [0.25, 0.3) is 0 Å². The highest BCUT2D eigenvalue weighted by atomic mass is 32.2. The van der Waals surface area contributed by atoms with Crippen LogP contribution in [0.25, 0.3) is 0 Å². The number of hydrogen-bond acceptors (Lipinski definition) is 3. The number of nitrogens with two attached hydrogens (primary N) is 1. The van der Waals surface area contributed by atoms with Gasteiger partial charge in [0.05, 0.1) is 5.41 Å². The van der Waals surface area contributed by atoms with Crippen LogP contribution in [-0.4, -0.2) is 40.9 Å². The van der Waals surface area contributed by atoms with Crippen molar-refractivity contribution >= 4 is 17.7 Å². The van der Waals surface area contributed by atoms with Crippen molar-refractivity contribution in [1.82, 2.24) is 4.90 Å². The topological polar surface area (TPSA) is 46.3 Å². The number of nitrogens with zero attached hydrogens (tertiary/aromatic N) is 1. The average molecular weight is 230 g/mol. The second-order valence-electron chi connectivity index (χ2n) is 5.06. The quantitative estimate of drug-likeness (QED) is 0.778. The molecule has 0 saturated carbocycles. The van der Waals surface area contributed by atoms with Crippen molar-refractivity contribution in [2.75, 3.05) is 19.6 Å². The van der Waals surface area contributed by atoms with Crippen LogP contribution in [-0.2, 0) is 4.79 Å². The summed E-state index contributed by atoms with van der Waals surface area (Å²) in [6.07, 6.45) is 0. The van der Waals surface area contributed by atoms with Gasteiger partial charge in [0.1, 0.15) is 0 Å². The lowest BCUT2D eigenvalue weighted by Gasteiger charge is -2.38. The van der Waals surface area contributed by atoms with Crippen molar-refractivity contribution < 1.29 is 4.79 Å². The molecule has 1 saturated heterocycles. The first kappa shape index (κ1) is 12.8. The van der Waals surface area contributed by atoms with Gasteiger partial charge in [0.15, 0.2) is 0 Å². The van der Waals surface area contributed by atoms with Crippen molar-refractivity contribution in [3.63, 3.8) is 0 Å². The van der Waals surface area contributed by atoms with Crippen molar-refractivity contribution in [3.05, 3.63) is 0 Å². The Bertz CT molecular complexity index is 233. The molecule has 0 spiro atoms. The first-order valence-electron chi connectivity index (χ1n) is 5.51. The number of carbonyl (C=O) groups excluding carboxylic acids is 1. The molecule has 1 aliphatic heterocycles. The third-order valence-electron chi connectivity index (χ3n) is 2.80. The van der Waals surface area contributed by atoms with Gasteiger partial charge in [0, 0.05) is 30.1 Å². The van der Waals surface area contributed by atoms with Gasteiger partial charge in [-0.1, -0.05) is 13.8 Å². The van der Waals surface area contributed by atoms with E-state index < -0.39 is 5.41 Å². The van der Waals surface area contributed by atoms with Crippen LogP contribution in [0.5, 0.6) is 0 Å². The summed E-state index contributed by atoms with van der Waals surface area (Å²) >= 11 is 1.96. The van der Waals surface area contributed by atoms with Crippen LogP contribution in [0.2, 0.25) is 0 Å². The predicted molar refractivity (Wildman–Crippen MR) is 65.9 cm³/mol. The molecule has 1 heterocycles. The summed E-state index contributed by atoms with van der Waals surface area (Å²) in [5.74, 6) is 0.198. The molecule has 0 aromatic rings. The molecule has 2 atom stereocenters. The molecule has 3 nitrogen and oxygen atoms in total. The molecule has 4 heteroatoms. The van der Waals surface area contributed by atoms with Crippen molar-refractivity contribution in [2.24, 2.45) is 11.1 Å². The fourth-order valence-corrected chi connectivity index (χ4v) is 3.18. The Kier molecular flexibility index (Phi) is 4.06. The van der Waals surface area contributed by atoms with Gasteiger partial charge in [-0.25, -0.2) is 0 Å². The zero-order chi connectivity index (χ0) is 11.6. The lowest BCUT2D eigenvalue weighted by molar-refractivity contribution is -0.140. The van der Waals surface area contributed by atoms with Crippen LogP contribution < -0.4 is 5.73 Å². The van der Waals surface area contributed by atoms with E-state index in [4.69, 9.17) is 5.73 Å². The summed E-state index contributed by atoms with van der Waals surface area (Å²) in [6.45, 7) is 10.3. The number of carbonyl (C=O) groups is 1. The van der Waals surface area contributed by atoms with E-state index in [1.807, 2.05) is 30.5 Å². The standard InChI is InChI=1S/C11H22N2OS/c1-8-5-13(6-9(2)15-8)10(14)11(3,4)7-12/h8-9H,5-7,12H2,1-4H3. The average Bonchev–Trinajstić information content (AvgIpc) is 2.15. The van der Waals surface area contributed by atoms with Gasteiger partial charge in [-0.15, -0.1) is 0 Å². The summed E-state index contributed by atoms with van der Waals surface area (Å²) < 4.78 is 0. The highest BCUT2D eigenvalue weighted by Crippen LogP contribution is 2.27. The smallest absolute Gasteiger partial charge is 0.229 e. The monoisotopic (exact) mass is 230 g/mol. The van der Waals surface area contributed by atoms with E-state index in [9.17, 15) is 4.79 Å². The molecular weight excluding hydrogens is 208 g/mol. The molecule has 0 aromatic carbocycles. The normalized spacial score (nSPS) is 27.9. The van der Waals surface area contributed by atoms with Gasteiger partial charge >= 0.3 is 0 Å². The Labute approximate surface area is 96.8 Å². The van der Waals surface area contributed by atoms with E-state index in [1.165, 1.54) is 0 Å². The van der Waals surface area contributed by atoms with Gasteiger partial charge in [-0.05, 0) is 13.8 Å². The molecule has 2 N–H and O–H groups in total. The zero-order valence-electron chi connectivity index (χ0n) is 10.1. The van der Waals surface area contributed by atoms with Crippen LogP contribution in [0.15, 0.2) is 0 Å². The molecule has 1 fully saturated rings. The van der Waals surface area contributed by atoms with Crippen LogP contribution in [0.1, 0.15) is 27.7 Å². The van der Waals surface area contributed by atoms with Crippen molar-refractivity contribution in [3.8, 4) is 0 Å². The third-order valence-corrected chi connectivity index (χ3v) is 4.02. The second kappa shape index (κ2) is 4.74. The largest absolute Gasteiger partial charge is 0.340 e. The summed E-state index contributed by atoms with van der Waals surface area (Å²) in [6, 6.07) is 0. The van der Waals surface area contributed by atoms with Gasteiger partial charge < -0.3 is 10.6 Å². The summed E-state index contributed by atoms with van der Waals surface area (Å²) in [4.78, 5) is 14.1. The SMILES string of the molecule is CC1CN(C(=O)C(C)(C)CN)CC(C)S1. The van der Waals surface area contributed by atoms with Gasteiger partial charge in [-0.3, -0.25) is 4.79 Å². The minimum absolute atomic E-state index is 0.198. The first-order chi connectivity index (χ1) is 6.86. The second-order valence-corrected chi connectivity index (χ2v) is 6.94. The van der Waals surface area contributed by atoms with E-state index in [-0.39, 0.29) is 5.91 Å². The molecule has 1 rings (SSSR count).